The number of anilines is 1. The summed E-state index contributed by atoms with van der Waals surface area (Å²) in [5, 5.41) is 0.669. The summed E-state index contributed by atoms with van der Waals surface area (Å²) in [4.78, 5) is 26.3. The predicted molar refractivity (Wildman–Crippen MR) is 114 cm³/mol. The molecule has 2 aromatic heterocycles. The van der Waals surface area contributed by atoms with E-state index in [0.29, 0.717) is 17.5 Å². The third-order valence-corrected chi connectivity index (χ3v) is 6.15. The summed E-state index contributed by atoms with van der Waals surface area (Å²) >= 11 is 1.52. The first-order valence-electron chi connectivity index (χ1n) is 9.45. The van der Waals surface area contributed by atoms with E-state index in [2.05, 4.69) is 23.7 Å². The van der Waals surface area contributed by atoms with Crippen LogP contribution in [-0.4, -0.2) is 58.6 Å². The van der Waals surface area contributed by atoms with Crippen LogP contribution < -0.4 is 9.64 Å². The topological polar surface area (TPSA) is 63.5 Å². The number of hydrogen-bond acceptors (Lipinski definition) is 6. The molecule has 3 rings (SSSR count). The number of hydrogen-bond donors (Lipinski definition) is 0. The number of benzene rings is 1. The summed E-state index contributed by atoms with van der Waals surface area (Å²) in [7, 11) is 3.47. The minimum Gasteiger partial charge on any atom is -0.494 e. The first-order chi connectivity index (χ1) is 13.5. The van der Waals surface area contributed by atoms with Crippen LogP contribution in [0.2, 0.25) is 0 Å². The van der Waals surface area contributed by atoms with Gasteiger partial charge in [0.25, 0.3) is 5.91 Å². The van der Waals surface area contributed by atoms with Crippen molar-refractivity contribution in [2.24, 2.45) is 7.05 Å². The van der Waals surface area contributed by atoms with E-state index in [-0.39, 0.29) is 5.91 Å². The van der Waals surface area contributed by atoms with Crippen LogP contribution in [0.25, 0.3) is 10.2 Å². The van der Waals surface area contributed by atoms with Crippen LogP contribution in [0.5, 0.6) is 5.75 Å². The van der Waals surface area contributed by atoms with Crippen LogP contribution in [0.4, 0.5) is 5.13 Å². The van der Waals surface area contributed by atoms with Gasteiger partial charge in [-0.1, -0.05) is 31.3 Å². The van der Waals surface area contributed by atoms with Gasteiger partial charge in [0.1, 0.15) is 11.3 Å². The van der Waals surface area contributed by atoms with Gasteiger partial charge in [-0.05, 0) is 31.6 Å². The van der Waals surface area contributed by atoms with Gasteiger partial charge in [-0.2, -0.15) is 0 Å². The number of carbonyl (C=O) groups is 1. The molecule has 0 N–H and O–H groups in total. The molecule has 7 nitrogen and oxygen atoms in total. The highest BCUT2D eigenvalue weighted by Gasteiger charge is 2.25. The lowest BCUT2D eigenvalue weighted by Crippen LogP contribution is -2.39. The molecule has 1 aromatic carbocycles. The normalized spacial score (nSPS) is 11.4. The first kappa shape index (κ1) is 20.3. The number of imidazole rings is 1. The molecule has 0 aliphatic carbocycles. The third-order valence-electron chi connectivity index (χ3n) is 4.93. The van der Waals surface area contributed by atoms with Gasteiger partial charge in [-0.25, -0.2) is 9.97 Å². The number of likely N-dealkylation sites (N-methyl/N-ethyl adjacent to an activating group) is 1. The first-order valence-corrected chi connectivity index (χ1v) is 10.3. The highest BCUT2D eigenvalue weighted by molar-refractivity contribution is 7.22. The van der Waals surface area contributed by atoms with Crippen molar-refractivity contribution in [1.82, 2.24) is 19.4 Å². The largest absolute Gasteiger partial charge is 0.494 e. The Labute approximate surface area is 169 Å². The zero-order valence-corrected chi connectivity index (χ0v) is 17.9. The highest BCUT2D eigenvalue weighted by atomic mass is 32.1. The van der Waals surface area contributed by atoms with E-state index in [1.807, 2.05) is 26.1 Å². The van der Waals surface area contributed by atoms with Gasteiger partial charge in [0.2, 0.25) is 0 Å². The van der Waals surface area contributed by atoms with E-state index in [0.717, 1.165) is 41.2 Å². The molecule has 3 aromatic rings. The third kappa shape index (κ3) is 3.88. The van der Waals surface area contributed by atoms with Crippen LogP contribution >= 0.6 is 11.3 Å². The Morgan fingerprint density at radius 3 is 2.61 bits per heavy atom. The molecule has 0 unspecified atom stereocenters. The lowest BCUT2D eigenvalue weighted by molar-refractivity contribution is 0.0971. The Hall–Kier alpha value is -2.45. The molecule has 8 heteroatoms. The molecular weight excluding hydrogens is 374 g/mol. The lowest BCUT2D eigenvalue weighted by atomic mass is 10.2. The zero-order valence-electron chi connectivity index (χ0n) is 17.1. The molecule has 150 valence electrons. The van der Waals surface area contributed by atoms with Crippen molar-refractivity contribution in [3.05, 3.63) is 35.9 Å². The molecule has 0 fully saturated rings. The van der Waals surface area contributed by atoms with Crippen LogP contribution in [0, 0.1) is 6.92 Å². The van der Waals surface area contributed by atoms with Crippen molar-refractivity contribution in [2.75, 3.05) is 38.2 Å². The minimum absolute atomic E-state index is 0.143. The second-order valence-corrected chi connectivity index (χ2v) is 7.58. The van der Waals surface area contributed by atoms with Crippen LogP contribution in [0.15, 0.2) is 24.5 Å². The summed E-state index contributed by atoms with van der Waals surface area (Å²) in [5.41, 5.74) is 1.91. The van der Waals surface area contributed by atoms with Crippen molar-refractivity contribution in [3.63, 3.8) is 0 Å². The molecule has 0 saturated heterocycles. The summed E-state index contributed by atoms with van der Waals surface area (Å²) in [5.74, 6) is 0.981. The number of thiazole rings is 1. The molecular formula is C20H27N5O2S. The van der Waals surface area contributed by atoms with E-state index in [1.54, 1.807) is 29.0 Å². The zero-order chi connectivity index (χ0) is 20.3. The maximum absolute atomic E-state index is 13.3. The fourth-order valence-electron chi connectivity index (χ4n) is 3.14. The molecule has 1 amide bonds. The van der Waals surface area contributed by atoms with Crippen molar-refractivity contribution in [3.8, 4) is 5.75 Å². The average Bonchev–Trinajstić information content (AvgIpc) is 3.32. The maximum Gasteiger partial charge on any atom is 0.296 e. The fourth-order valence-corrected chi connectivity index (χ4v) is 4.21. The van der Waals surface area contributed by atoms with E-state index < -0.39 is 0 Å². The standard InChI is InChI=1S/C20H27N5O2S/c1-6-24(7-2)12-13-25(19(26)18-21-10-11-23(18)4)20-22-16-15(27-5)9-8-14(3)17(16)28-20/h8-11H,6-7,12-13H2,1-5H3. The van der Waals surface area contributed by atoms with Gasteiger partial charge >= 0.3 is 0 Å². The number of amides is 1. The van der Waals surface area contributed by atoms with Gasteiger partial charge in [0.15, 0.2) is 11.0 Å². The van der Waals surface area contributed by atoms with E-state index >= 15 is 0 Å². The van der Waals surface area contributed by atoms with Gasteiger partial charge < -0.3 is 14.2 Å². The maximum atomic E-state index is 13.3. The summed E-state index contributed by atoms with van der Waals surface area (Å²) in [6.45, 7) is 9.50. The molecule has 0 spiro atoms. The summed E-state index contributed by atoms with van der Waals surface area (Å²) < 4.78 is 8.26. The fraction of sp³-hybridized carbons (Fsp3) is 0.450. The molecule has 0 aliphatic rings. The van der Waals surface area contributed by atoms with Crippen molar-refractivity contribution >= 4 is 32.6 Å². The summed E-state index contributed by atoms with van der Waals surface area (Å²) in [6, 6.07) is 3.94. The Morgan fingerprint density at radius 1 is 1.25 bits per heavy atom. The van der Waals surface area contributed by atoms with E-state index in [9.17, 15) is 4.79 Å². The number of ether oxygens (including phenoxy) is 1. The van der Waals surface area contributed by atoms with Crippen LogP contribution in [0.1, 0.15) is 30.0 Å². The number of methoxy groups -OCH3 is 1. The minimum atomic E-state index is -0.143. The van der Waals surface area contributed by atoms with Crippen molar-refractivity contribution in [1.29, 1.82) is 0 Å². The number of rotatable bonds is 8. The van der Waals surface area contributed by atoms with Crippen molar-refractivity contribution < 1.29 is 9.53 Å². The molecule has 0 aliphatic heterocycles. The Kier molecular flexibility index (Phi) is 6.31. The molecule has 0 atom stereocenters. The van der Waals surface area contributed by atoms with E-state index in [1.165, 1.54) is 11.3 Å². The molecule has 28 heavy (non-hydrogen) atoms. The molecule has 2 heterocycles. The number of aryl methyl sites for hydroxylation is 2. The number of fused-ring (bicyclic) bond motifs is 1. The van der Waals surface area contributed by atoms with Gasteiger partial charge in [0, 0.05) is 32.5 Å². The smallest absolute Gasteiger partial charge is 0.296 e. The van der Waals surface area contributed by atoms with Crippen molar-refractivity contribution in [2.45, 2.75) is 20.8 Å². The lowest BCUT2D eigenvalue weighted by Gasteiger charge is -2.24. The highest BCUT2D eigenvalue weighted by Crippen LogP contribution is 2.36. The number of aromatic nitrogens is 3. The SMILES string of the molecule is CCN(CC)CCN(C(=O)c1nccn1C)c1nc2c(OC)ccc(C)c2s1. The quantitative estimate of drug-likeness (QED) is 0.579. The second-order valence-electron chi connectivity index (χ2n) is 6.60. The molecule has 0 radical (unpaired) electrons. The molecule has 0 bridgehead atoms. The van der Waals surface area contributed by atoms with Gasteiger partial charge in [0.05, 0.1) is 11.8 Å². The predicted octanol–water partition coefficient (Wildman–Crippen LogP) is 3.34. The second kappa shape index (κ2) is 8.70. The summed E-state index contributed by atoms with van der Waals surface area (Å²) in [6.07, 6.45) is 3.42. The Bertz CT molecular complexity index is 961. The Balaban J connectivity index is 2.03. The van der Waals surface area contributed by atoms with Gasteiger partial charge in [-0.3, -0.25) is 9.69 Å². The average molecular weight is 402 g/mol. The van der Waals surface area contributed by atoms with Crippen LogP contribution in [-0.2, 0) is 7.05 Å². The number of nitrogens with zero attached hydrogens (tertiary/aromatic N) is 5. The Morgan fingerprint density at radius 2 is 2.00 bits per heavy atom. The molecule has 0 saturated carbocycles. The number of carbonyl (C=O) groups excluding carboxylic acids is 1. The van der Waals surface area contributed by atoms with Crippen LogP contribution in [0.3, 0.4) is 0 Å². The monoisotopic (exact) mass is 401 g/mol. The van der Waals surface area contributed by atoms with E-state index in [4.69, 9.17) is 9.72 Å². The van der Waals surface area contributed by atoms with Gasteiger partial charge in [-0.15, -0.1) is 0 Å².